The van der Waals surface area contributed by atoms with Crippen molar-refractivity contribution < 1.29 is 9.84 Å². The second-order valence-corrected chi connectivity index (χ2v) is 5.38. The van der Waals surface area contributed by atoms with E-state index in [0.29, 0.717) is 6.42 Å². The lowest BCUT2D eigenvalue weighted by Crippen LogP contribution is -2.05. The van der Waals surface area contributed by atoms with E-state index in [4.69, 9.17) is 4.74 Å². The van der Waals surface area contributed by atoms with Crippen LogP contribution in [0.15, 0.2) is 36.4 Å². The van der Waals surface area contributed by atoms with E-state index in [-0.39, 0.29) is 0 Å². The average molecular weight is 270 g/mol. The van der Waals surface area contributed by atoms with Crippen LogP contribution in [0.2, 0.25) is 0 Å². The fourth-order valence-electron chi connectivity index (χ4n) is 2.45. The van der Waals surface area contributed by atoms with Crippen LogP contribution in [0, 0.1) is 20.8 Å². The summed E-state index contributed by atoms with van der Waals surface area (Å²) in [5.74, 6) is 0.869. The summed E-state index contributed by atoms with van der Waals surface area (Å²) in [6.07, 6.45) is 0.148. The maximum atomic E-state index is 10.5. The van der Waals surface area contributed by atoms with Gasteiger partial charge in [-0.15, -0.1) is 0 Å². The molecule has 0 fully saturated rings. The van der Waals surface area contributed by atoms with Crippen LogP contribution < -0.4 is 4.74 Å². The second-order valence-electron chi connectivity index (χ2n) is 5.38. The molecule has 0 saturated heterocycles. The number of methoxy groups -OCH3 is 1. The first-order chi connectivity index (χ1) is 9.51. The molecule has 2 aromatic carbocycles. The van der Waals surface area contributed by atoms with E-state index in [1.54, 1.807) is 7.11 Å². The molecular formula is C18H22O2. The predicted molar refractivity (Wildman–Crippen MR) is 82.3 cm³/mol. The highest BCUT2D eigenvalue weighted by Gasteiger charge is 2.13. The van der Waals surface area contributed by atoms with Crippen LogP contribution in [-0.4, -0.2) is 12.2 Å². The lowest BCUT2D eigenvalue weighted by atomic mass is 9.95. The van der Waals surface area contributed by atoms with E-state index >= 15 is 0 Å². The number of hydrogen-bond acceptors (Lipinski definition) is 2. The van der Waals surface area contributed by atoms with Gasteiger partial charge in [0.25, 0.3) is 0 Å². The Morgan fingerprint density at radius 3 is 2.25 bits per heavy atom. The first-order valence-corrected chi connectivity index (χ1v) is 6.90. The van der Waals surface area contributed by atoms with Gasteiger partial charge in [-0.05, 0) is 55.2 Å². The van der Waals surface area contributed by atoms with E-state index < -0.39 is 6.10 Å². The molecule has 0 aromatic heterocycles. The summed E-state index contributed by atoms with van der Waals surface area (Å²) in [6.45, 7) is 6.08. The average Bonchev–Trinajstić information content (AvgIpc) is 2.43. The first-order valence-electron chi connectivity index (χ1n) is 6.90. The first kappa shape index (κ1) is 14.6. The third-order valence-corrected chi connectivity index (χ3v) is 3.69. The van der Waals surface area contributed by atoms with Crippen LogP contribution in [0.3, 0.4) is 0 Å². The minimum absolute atomic E-state index is 0.484. The van der Waals surface area contributed by atoms with Crippen LogP contribution in [-0.2, 0) is 6.42 Å². The number of aliphatic hydroxyl groups is 1. The SMILES string of the molecule is COc1cc(C)c(C(O)Cc2ccc(C)cc2)cc1C. The predicted octanol–water partition coefficient (Wildman–Crippen LogP) is 3.90. The van der Waals surface area contributed by atoms with Gasteiger partial charge >= 0.3 is 0 Å². The van der Waals surface area contributed by atoms with Crippen molar-refractivity contribution in [2.75, 3.05) is 7.11 Å². The summed E-state index contributed by atoms with van der Waals surface area (Å²) >= 11 is 0. The van der Waals surface area contributed by atoms with E-state index in [2.05, 4.69) is 31.2 Å². The molecule has 2 rings (SSSR count). The number of benzene rings is 2. The smallest absolute Gasteiger partial charge is 0.122 e. The third-order valence-electron chi connectivity index (χ3n) is 3.69. The van der Waals surface area contributed by atoms with Crippen molar-refractivity contribution in [1.82, 2.24) is 0 Å². The van der Waals surface area contributed by atoms with Gasteiger partial charge in [0.2, 0.25) is 0 Å². The molecule has 20 heavy (non-hydrogen) atoms. The van der Waals surface area contributed by atoms with Gasteiger partial charge in [0, 0.05) is 6.42 Å². The zero-order chi connectivity index (χ0) is 14.7. The summed E-state index contributed by atoms with van der Waals surface area (Å²) in [5, 5.41) is 10.5. The van der Waals surface area contributed by atoms with Gasteiger partial charge in [0.1, 0.15) is 5.75 Å². The normalized spacial score (nSPS) is 12.2. The van der Waals surface area contributed by atoms with Crippen LogP contribution in [0.5, 0.6) is 5.75 Å². The maximum absolute atomic E-state index is 10.5. The quantitative estimate of drug-likeness (QED) is 0.913. The van der Waals surface area contributed by atoms with Crippen LogP contribution in [0.4, 0.5) is 0 Å². The number of aryl methyl sites for hydroxylation is 3. The molecule has 2 heteroatoms. The van der Waals surface area contributed by atoms with Crippen LogP contribution in [0.25, 0.3) is 0 Å². The lowest BCUT2D eigenvalue weighted by molar-refractivity contribution is 0.177. The van der Waals surface area contributed by atoms with E-state index in [9.17, 15) is 5.11 Å². The highest BCUT2D eigenvalue weighted by atomic mass is 16.5. The van der Waals surface area contributed by atoms with E-state index in [1.807, 2.05) is 26.0 Å². The Bertz CT molecular complexity index is 585. The third kappa shape index (κ3) is 3.20. The Morgan fingerprint density at radius 2 is 1.65 bits per heavy atom. The minimum atomic E-state index is -0.484. The minimum Gasteiger partial charge on any atom is -0.496 e. The van der Waals surface area contributed by atoms with E-state index in [1.165, 1.54) is 5.56 Å². The molecule has 0 aliphatic heterocycles. The van der Waals surface area contributed by atoms with Crippen molar-refractivity contribution >= 4 is 0 Å². The van der Waals surface area contributed by atoms with Gasteiger partial charge in [-0.25, -0.2) is 0 Å². The molecule has 0 heterocycles. The van der Waals surface area contributed by atoms with Gasteiger partial charge in [-0.3, -0.25) is 0 Å². The molecule has 2 nitrogen and oxygen atoms in total. The van der Waals surface area contributed by atoms with Crippen molar-refractivity contribution in [3.63, 3.8) is 0 Å². The highest BCUT2D eigenvalue weighted by Crippen LogP contribution is 2.28. The Balaban J connectivity index is 2.22. The molecule has 0 amide bonds. The maximum Gasteiger partial charge on any atom is 0.122 e. The lowest BCUT2D eigenvalue weighted by Gasteiger charge is -2.16. The summed E-state index contributed by atoms with van der Waals surface area (Å²) < 4.78 is 5.31. The number of hydrogen-bond donors (Lipinski definition) is 1. The molecule has 0 radical (unpaired) electrons. The summed E-state index contributed by atoms with van der Waals surface area (Å²) in [5.41, 5.74) is 5.47. The molecule has 106 valence electrons. The fraction of sp³-hybridized carbons (Fsp3) is 0.333. The molecule has 1 unspecified atom stereocenters. The second kappa shape index (κ2) is 6.10. The van der Waals surface area contributed by atoms with Gasteiger partial charge < -0.3 is 9.84 Å². The summed E-state index contributed by atoms with van der Waals surface area (Å²) in [4.78, 5) is 0. The molecule has 1 N–H and O–H groups in total. The fourth-order valence-corrected chi connectivity index (χ4v) is 2.45. The van der Waals surface area contributed by atoms with Gasteiger partial charge in [-0.1, -0.05) is 29.8 Å². The van der Waals surface area contributed by atoms with Crippen molar-refractivity contribution in [3.05, 3.63) is 64.2 Å². The van der Waals surface area contributed by atoms with Crippen LogP contribution >= 0.6 is 0 Å². The highest BCUT2D eigenvalue weighted by molar-refractivity contribution is 5.42. The zero-order valence-electron chi connectivity index (χ0n) is 12.6. The van der Waals surface area contributed by atoms with Crippen molar-refractivity contribution in [1.29, 1.82) is 0 Å². The molecular weight excluding hydrogens is 248 g/mol. The van der Waals surface area contributed by atoms with Crippen LogP contribution in [0.1, 0.15) is 33.9 Å². The molecule has 0 bridgehead atoms. The van der Waals surface area contributed by atoms with Gasteiger partial charge in [0.05, 0.1) is 13.2 Å². The Morgan fingerprint density at radius 1 is 1.00 bits per heavy atom. The number of rotatable bonds is 4. The molecule has 0 saturated carbocycles. The Hall–Kier alpha value is -1.80. The summed E-state index contributed by atoms with van der Waals surface area (Å²) in [6, 6.07) is 12.3. The zero-order valence-corrected chi connectivity index (χ0v) is 12.6. The van der Waals surface area contributed by atoms with Crippen molar-refractivity contribution in [2.24, 2.45) is 0 Å². The van der Waals surface area contributed by atoms with E-state index in [0.717, 1.165) is 28.0 Å². The molecule has 0 spiro atoms. The standard InChI is InChI=1S/C18H22O2/c1-12-5-7-15(8-6-12)11-17(19)16-9-14(3)18(20-4)10-13(16)2/h5-10,17,19H,11H2,1-4H3. The molecule has 0 aliphatic carbocycles. The molecule has 2 aromatic rings. The van der Waals surface area contributed by atoms with Crippen molar-refractivity contribution in [3.8, 4) is 5.75 Å². The van der Waals surface area contributed by atoms with Crippen molar-refractivity contribution in [2.45, 2.75) is 33.3 Å². The van der Waals surface area contributed by atoms with Gasteiger partial charge in [0.15, 0.2) is 0 Å². The Labute approximate surface area is 121 Å². The number of aliphatic hydroxyl groups excluding tert-OH is 1. The number of ether oxygens (including phenoxy) is 1. The largest absolute Gasteiger partial charge is 0.496 e. The van der Waals surface area contributed by atoms with Gasteiger partial charge in [-0.2, -0.15) is 0 Å². The Kier molecular flexibility index (Phi) is 4.46. The molecule has 0 aliphatic rings. The monoisotopic (exact) mass is 270 g/mol. The summed E-state index contributed by atoms with van der Waals surface area (Å²) in [7, 11) is 1.67. The topological polar surface area (TPSA) is 29.5 Å². The molecule has 1 atom stereocenters.